The summed E-state index contributed by atoms with van der Waals surface area (Å²) in [6, 6.07) is 21.2. The van der Waals surface area contributed by atoms with Gasteiger partial charge in [0.2, 0.25) is 0 Å². The first-order valence-electron chi connectivity index (χ1n) is 12.9. The topological polar surface area (TPSA) is 70.2 Å². The molecule has 0 aliphatic carbocycles. The van der Waals surface area contributed by atoms with Crippen LogP contribution in [0, 0.1) is 6.92 Å². The second-order valence-corrected chi connectivity index (χ2v) is 11.7. The van der Waals surface area contributed by atoms with Crippen molar-refractivity contribution in [2.75, 3.05) is 29.9 Å². The van der Waals surface area contributed by atoms with E-state index in [2.05, 4.69) is 82.6 Å². The minimum atomic E-state index is -0.0961. The third-order valence-electron chi connectivity index (χ3n) is 6.98. The molecule has 2 aliphatic heterocycles. The quantitative estimate of drug-likeness (QED) is 0.244. The van der Waals surface area contributed by atoms with E-state index in [1.54, 1.807) is 29.7 Å². The van der Waals surface area contributed by atoms with Gasteiger partial charge in [-0.15, -0.1) is 0 Å². The number of hydrogen-bond acceptors (Lipinski definition) is 7. The van der Waals surface area contributed by atoms with E-state index >= 15 is 0 Å². The van der Waals surface area contributed by atoms with Crippen molar-refractivity contribution in [3.63, 3.8) is 0 Å². The summed E-state index contributed by atoms with van der Waals surface area (Å²) in [7, 11) is 0. The van der Waals surface area contributed by atoms with Gasteiger partial charge in [0.1, 0.15) is 11.8 Å². The second-order valence-electron chi connectivity index (χ2n) is 9.60. The van der Waals surface area contributed by atoms with Gasteiger partial charge in [-0.1, -0.05) is 48.6 Å². The average Bonchev–Trinajstić information content (AvgIpc) is 2.95. The van der Waals surface area contributed by atoms with Crippen molar-refractivity contribution >= 4 is 34.9 Å². The Hall–Kier alpha value is -3.20. The van der Waals surface area contributed by atoms with Gasteiger partial charge in [-0.2, -0.15) is 0 Å². The van der Waals surface area contributed by atoms with E-state index in [1.165, 1.54) is 30.7 Å². The first-order chi connectivity index (χ1) is 18.6. The molecule has 0 radical (unpaired) electrons. The molecule has 4 aromatic rings. The zero-order chi connectivity index (χ0) is 26.1. The Labute approximate surface area is 231 Å². The van der Waals surface area contributed by atoms with Gasteiger partial charge < -0.3 is 19.9 Å². The highest BCUT2D eigenvalue weighted by molar-refractivity contribution is 8.05. The number of aromatic nitrogens is 2. The van der Waals surface area contributed by atoms with Crippen LogP contribution in [0.3, 0.4) is 0 Å². The fourth-order valence-corrected chi connectivity index (χ4v) is 7.41. The molecule has 0 amide bonds. The van der Waals surface area contributed by atoms with E-state index in [0.717, 1.165) is 17.8 Å². The van der Waals surface area contributed by atoms with Crippen molar-refractivity contribution in [2.24, 2.45) is 0 Å². The van der Waals surface area contributed by atoms with Crippen LogP contribution in [0.4, 0.5) is 11.4 Å². The van der Waals surface area contributed by atoms with Crippen molar-refractivity contribution in [2.45, 2.75) is 52.0 Å². The van der Waals surface area contributed by atoms with Crippen molar-refractivity contribution in [1.29, 1.82) is 0 Å². The number of hydrogen-bond donors (Lipinski definition) is 2. The Bertz CT molecular complexity index is 1510. The molecule has 194 valence electrons. The molecular formula is C30H30N4O2S2. The Morgan fingerprint density at radius 2 is 2.03 bits per heavy atom. The van der Waals surface area contributed by atoms with Gasteiger partial charge in [-0.05, 0) is 66.9 Å². The van der Waals surface area contributed by atoms with Gasteiger partial charge in [0.25, 0.3) is 5.56 Å². The number of aryl methyl sites for hydroxylation is 1. The van der Waals surface area contributed by atoms with E-state index in [9.17, 15) is 4.79 Å². The largest absolute Gasteiger partial charge is 0.377 e. The number of ether oxygens (including phenoxy) is 1. The predicted octanol–water partition coefficient (Wildman–Crippen LogP) is 6.84. The average molecular weight is 543 g/mol. The molecule has 6 nitrogen and oxygen atoms in total. The molecule has 2 unspecified atom stereocenters. The summed E-state index contributed by atoms with van der Waals surface area (Å²) < 4.78 is 6.24. The van der Waals surface area contributed by atoms with Crippen molar-refractivity contribution in [3.8, 4) is 0 Å². The van der Waals surface area contributed by atoms with Crippen LogP contribution in [-0.4, -0.2) is 29.7 Å². The molecule has 6 rings (SSSR count). The van der Waals surface area contributed by atoms with Crippen molar-refractivity contribution in [1.82, 2.24) is 9.97 Å². The number of anilines is 2. The van der Waals surface area contributed by atoms with Crippen LogP contribution in [-0.2, 0) is 4.74 Å². The summed E-state index contributed by atoms with van der Waals surface area (Å²) in [5.41, 5.74) is 5.15. The molecule has 38 heavy (non-hydrogen) atoms. The normalized spacial score (nSPS) is 17.4. The SMILES string of the molecule is CCC(Nc1ccc2c(c1)Sc1cccc(C3CN(c4ccc[nH]c4=O)CCO3)c1S2)c1ccc(C)cn1. The summed E-state index contributed by atoms with van der Waals surface area (Å²) in [4.78, 5) is 26.9. The van der Waals surface area contributed by atoms with Crippen molar-refractivity contribution < 1.29 is 4.74 Å². The summed E-state index contributed by atoms with van der Waals surface area (Å²) >= 11 is 3.61. The monoisotopic (exact) mass is 542 g/mol. The van der Waals surface area contributed by atoms with Gasteiger partial charge in [-0.25, -0.2) is 0 Å². The molecule has 0 bridgehead atoms. The molecule has 2 aromatic heterocycles. The zero-order valence-corrected chi connectivity index (χ0v) is 23.1. The van der Waals surface area contributed by atoms with Gasteiger partial charge >= 0.3 is 0 Å². The highest BCUT2D eigenvalue weighted by Gasteiger charge is 2.29. The molecule has 2 aliphatic rings. The number of nitrogens with one attached hydrogen (secondary N) is 2. The number of morpholine rings is 1. The van der Waals surface area contributed by atoms with E-state index < -0.39 is 0 Å². The van der Waals surface area contributed by atoms with Gasteiger partial charge in [0.05, 0.1) is 18.3 Å². The lowest BCUT2D eigenvalue weighted by Crippen LogP contribution is -2.41. The third kappa shape index (κ3) is 5.08. The fraction of sp³-hybridized carbons (Fsp3) is 0.267. The van der Waals surface area contributed by atoms with Crippen molar-refractivity contribution in [3.05, 3.63) is 100 Å². The van der Waals surface area contributed by atoms with Crippen LogP contribution in [0.5, 0.6) is 0 Å². The maximum absolute atomic E-state index is 12.4. The van der Waals surface area contributed by atoms with Crippen LogP contribution >= 0.6 is 23.5 Å². The molecule has 8 heteroatoms. The molecule has 4 heterocycles. The first kappa shape index (κ1) is 25.1. The number of rotatable bonds is 6. The molecular weight excluding hydrogens is 512 g/mol. The number of fused-ring (bicyclic) bond motifs is 2. The van der Waals surface area contributed by atoms with E-state index in [1.807, 2.05) is 18.3 Å². The summed E-state index contributed by atoms with van der Waals surface area (Å²) in [5, 5.41) is 3.69. The van der Waals surface area contributed by atoms with Gasteiger partial charge in [0, 0.05) is 50.8 Å². The lowest BCUT2D eigenvalue weighted by molar-refractivity contribution is 0.0378. The Morgan fingerprint density at radius 3 is 2.84 bits per heavy atom. The molecule has 2 aromatic carbocycles. The van der Waals surface area contributed by atoms with Gasteiger partial charge in [-0.3, -0.25) is 9.78 Å². The highest BCUT2D eigenvalue weighted by atomic mass is 32.2. The predicted molar refractivity (Wildman–Crippen MR) is 155 cm³/mol. The lowest BCUT2D eigenvalue weighted by Gasteiger charge is -2.35. The highest BCUT2D eigenvalue weighted by Crippen LogP contribution is 2.52. The summed E-state index contributed by atoms with van der Waals surface area (Å²) in [5.74, 6) is 0. The summed E-state index contributed by atoms with van der Waals surface area (Å²) in [6.07, 6.45) is 4.46. The number of nitrogens with zero attached hydrogens (tertiary/aromatic N) is 2. The lowest BCUT2D eigenvalue weighted by atomic mass is 10.1. The van der Waals surface area contributed by atoms with Gasteiger partial charge in [0.15, 0.2) is 0 Å². The first-order valence-corrected chi connectivity index (χ1v) is 14.6. The standard InChI is InChI=1S/C30H30N4O2S2/c1-3-22(23-11-9-19(2)17-32-23)33-20-10-12-26-28(16-20)37-27-8-4-6-21(29(27)38-26)25-18-34(14-15-36-25)24-7-5-13-31-30(24)35/h4-13,16-17,22,25,33H,3,14-15,18H2,1-2H3,(H,31,35). The van der Waals surface area contributed by atoms with E-state index in [0.29, 0.717) is 25.4 Å². The smallest absolute Gasteiger partial charge is 0.271 e. The van der Waals surface area contributed by atoms with Crippen LogP contribution in [0.2, 0.25) is 0 Å². The number of benzene rings is 2. The molecule has 0 spiro atoms. The Kier molecular flexibility index (Phi) is 7.19. The zero-order valence-electron chi connectivity index (χ0n) is 21.4. The number of H-pyrrole nitrogens is 1. The number of pyridine rings is 2. The molecule has 2 atom stereocenters. The second kappa shape index (κ2) is 10.9. The maximum Gasteiger partial charge on any atom is 0.271 e. The van der Waals surface area contributed by atoms with E-state index in [-0.39, 0.29) is 17.7 Å². The molecule has 1 saturated heterocycles. The minimum Gasteiger partial charge on any atom is -0.377 e. The van der Waals surface area contributed by atoms with Crippen LogP contribution < -0.4 is 15.8 Å². The summed E-state index contributed by atoms with van der Waals surface area (Å²) in [6.45, 7) is 6.18. The van der Waals surface area contributed by atoms with Crippen LogP contribution in [0.15, 0.2) is 97.4 Å². The molecule has 1 fully saturated rings. The molecule has 0 saturated carbocycles. The maximum atomic E-state index is 12.4. The van der Waals surface area contributed by atoms with Crippen LogP contribution in [0.25, 0.3) is 0 Å². The van der Waals surface area contributed by atoms with Crippen LogP contribution in [0.1, 0.15) is 42.3 Å². The molecule has 2 N–H and O–H groups in total. The Balaban J connectivity index is 1.22. The third-order valence-corrected chi connectivity index (χ3v) is 9.59. The fourth-order valence-electron chi connectivity index (χ4n) is 4.96. The number of aromatic amines is 1. The Morgan fingerprint density at radius 1 is 1.11 bits per heavy atom. The van der Waals surface area contributed by atoms with E-state index in [4.69, 9.17) is 4.74 Å². The minimum absolute atomic E-state index is 0.0602.